The molecule has 4 atom stereocenters. The summed E-state index contributed by atoms with van der Waals surface area (Å²) in [5, 5.41) is 0. The van der Waals surface area contributed by atoms with Crippen LogP contribution in [0.15, 0.2) is 118 Å². The van der Waals surface area contributed by atoms with Crippen LogP contribution in [0.2, 0.25) is 0 Å². The molecular formula is C48H46O2Zr. The van der Waals surface area contributed by atoms with E-state index in [4.69, 9.17) is 8.83 Å². The Bertz CT molecular complexity index is 1990. The number of fused-ring (bicyclic) bond motifs is 2. The quantitative estimate of drug-likeness (QED) is 0.145. The second kappa shape index (κ2) is 16.0. The van der Waals surface area contributed by atoms with E-state index in [0.29, 0.717) is 11.8 Å². The first-order valence-electron chi connectivity index (χ1n) is 18.1. The van der Waals surface area contributed by atoms with Crippen molar-refractivity contribution < 1.29 is 35.0 Å². The van der Waals surface area contributed by atoms with E-state index in [9.17, 15) is 0 Å². The van der Waals surface area contributed by atoms with Gasteiger partial charge in [0.05, 0.1) is 11.5 Å². The number of allylic oxidation sites excluding steroid dienone is 2. The van der Waals surface area contributed by atoms with Crippen molar-refractivity contribution in [3.8, 4) is 22.3 Å². The molecule has 0 bridgehead atoms. The molecule has 2 nitrogen and oxygen atoms in total. The summed E-state index contributed by atoms with van der Waals surface area (Å²) in [4.78, 5) is 0. The van der Waals surface area contributed by atoms with E-state index in [1.54, 1.807) is 0 Å². The summed E-state index contributed by atoms with van der Waals surface area (Å²) in [5.74, 6) is 5.24. The van der Waals surface area contributed by atoms with E-state index in [1.165, 1.54) is 68.5 Å². The van der Waals surface area contributed by atoms with Gasteiger partial charge in [-0.2, -0.15) is 11.1 Å². The van der Waals surface area contributed by atoms with Crippen LogP contribution < -0.4 is 0 Å². The first-order valence-corrected chi connectivity index (χ1v) is 18.1. The van der Waals surface area contributed by atoms with Crippen molar-refractivity contribution in [2.75, 3.05) is 0 Å². The molecule has 0 radical (unpaired) electrons. The monoisotopic (exact) mass is 744 g/mol. The SMILES string of the molecule is CCC(C)c1ccc(-c2cccc3c2C=[C-]C3c2ccc(C)o2)cc1.CCC(C)c1ccc(-c2cccc3c2C=[C-]C3c2ccc(C)o2)cc1.[Zr+2]. The molecule has 0 amide bonds. The zero-order valence-electron chi connectivity index (χ0n) is 30.6. The van der Waals surface area contributed by atoms with E-state index in [-0.39, 0.29) is 38.0 Å². The molecule has 254 valence electrons. The van der Waals surface area contributed by atoms with Gasteiger partial charge in [0.15, 0.2) is 0 Å². The summed E-state index contributed by atoms with van der Waals surface area (Å²) >= 11 is 0. The maximum Gasteiger partial charge on any atom is 2.00 e. The molecule has 6 aromatic rings. The number of hydrogen-bond acceptors (Lipinski definition) is 2. The molecule has 51 heavy (non-hydrogen) atoms. The molecule has 0 N–H and O–H groups in total. The Kier molecular flexibility index (Phi) is 11.5. The van der Waals surface area contributed by atoms with Crippen molar-refractivity contribution in [1.82, 2.24) is 0 Å². The fraction of sp³-hybridized carbons (Fsp3) is 0.250. The topological polar surface area (TPSA) is 26.3 Å². The first kappa shape index (κ1) is 36.6. The minimum absolute atomic E-state index is 0. The Hall–Kier alpha value is -4.20. The molecule has 2 heterocycles. The standard InChI is InChI=1S/2C24H23O.Zr/c2*1-4-16(2)18-9-11-19(12-10-18)20-6-5-7-21-22(20)13-14-23(21)24-15-8-17(3)25-24;/h2*5-13,15-16,23H,4H2,1-3H3;/q2*-1;+2. The van der Waals surface area contributed by atoms with Gasteiger partial charge < -0.3 is 8.83 Å². The molecule has 0 fully saturated rings. The van der Waals surface area contributed by atoms with Gasteiger partial charge >= 0.3 is 26.2 Å². The summed E-state index contributed by atoms with van der Waals surface area (Å²) in [6.07, 6.45) is 13.5. The molecule has 2 aromatic heterocycles. The van der Waals surface area contributed by atoms with Crippen molar-refractivity contribution in [2.24, 2.45) is 0 Å². The number of rotatable bonds is 8. The van der Waals surface area contributed by atoms with E-state index >= 15 is 0 Å². The molecule has 4 aromatic carbocycles. The molecule has 4 unspecified atom stereocenters. The third-order valence-electron chi connectivity index (χ3n) is 10.6. The predicted octanol–water partition coefficient (Wildman–Crippen LogP) is 13.5. The van der Waals surface area contributed by atoms with Gasteiger partial charge in [-0.1, -0.05) is 124 Å². The number of furan rings is 2. The first-order chi connectivity index (χ1) is 24.3. The molecule has 0 spiro atoms. The van der Waals surface area contributed by atoms with Crippen molar-refractivity contribution in [1.29, 1.82) is 0 Å². The van der Waals surface area contributed by atoms with Crippen LogP contribution in [-0.4, -0.2) is 0 Å². The van der Waals surface area contributed by atoms with Crippen molar-refractivity contribution in [3.63, 3.8) is 0 Å². The predicted molar refractivity (Wildman–Crippen MR) is 207 cm³/mol. The van der Waals surface area contributed by atoms with Crippen LogP contribution in [0.4, 0.5) is 0 Å². The second-order valence-corrected chi connectivity index (χ2v) is 13.9. The molecule has 0 saturated carbocycles. The van der Waals surface area contributed by atoms with Gasteiger partial charge in [0.2, 0.25) is 0 Å². The average Bonchev–Trinajstić information content (AvgIpc) is 3.97. The summed E-state index contributed by atoms with van der Waals surface area (Å²) in [7, 11) is 0. The van der Waals surface area contributed by atoms with Gasteiger partial charge in [-0.15, -0.1) is 11.1 Å². The molecule has 2 aliphatic carbocycles. The molecule has 2 aliphatic rings. The fourth-order valence-electron chi connectivity index (χ4n) is 7.15. The van der Waals surface area contributed by atoms with Gasteiger partial charge in [-0.3, -0.25) is 12.2 Å². The van der Waals surface area contributed by atoms with Crippen LogP contribution in [0.5, 0.6) is 0 Å². The van der Waals surface area contributed by atoms with Crippen LogP contribution >= 0.6 is 0 Å². The van der Waals surface area contributed by atoms with Crippen LogP contribution in [0.25, 0.3) is 34.4 Å². The Morgan fingerprint density at radius 1 is 0.529 bits per heavy atom. The largest absolute Gasteiger partial charge is 2.00 e. The molecule has 8 rings (SSSR count). The average molecular weight is 746 g/mol. The minimum atomic E-state index is 0. The number of hydrogen-bond donors (Lipinski definition) is 0. The molecule has 0 aliphatic heterocycles. The maximum atomic E-state index is 5.84. The van der Waals surface area contributed by atoms with Gasteiger partial charge in [0.25, 0.3) is 0 Å². The smallest absolute Gasteiger partial charge is 0.467 e. The fourth-order valence-corrected chi connectivity index (χ4v) is 7.15. The van der Waals surface area contributed by atoms with Gasteiger partial charge in [0.1, 0.15) is 11.5 Å². The zero-order chi connectivity index (χ0) is 34.8. The van der Waals surface area contributed by atoms with E-state index in [1.807, 2.05) is 26.0 Å². The van der Waals surface area contributed by atoms with Crippen molar-refractivity contribution in [2.45, 2.75) is 78.1 Å². The van der Waals surface area contributed by atoms with E-state index < -0.39 is 0 Å². The van der Waals surface area contributed by atoms with Gasteiger partial charge in [0, 0.05) is 0 Å². The molecular weight excluding hydrogens is 700 g/mol. The summed E-state index contributed by atoms with van der Waals surface area (Å²) in [6.45, 7) is 13.0. The maximum absolute atomic E-state index is 5.84. The van der Waals surface area contributed by atoms with E-state index in [2.05, 4.69) is 149 Å². The summed E-state index contributed by atoms with van der Waals surface area (Å²) in [6, 6.07) is 39.2. The Morgan fingerprint density at radius 2 is 0.922 bits per heavy atom. The number of aryl methyl sites for hydroxylation is 2. The Labute approximate surface area is 323 Å². The molecule has 3 heteroatoms. The van der Waals surface area contributed by atoms with Crippen LogP contribution in [-0.2, 0) is 26.2 Å². The minimum Gasteiger partial charge on any atom is -0.467 e. The molecule has 0 saturated heterocycles. The third kappa shape index (κ3) is 7.56. The van der Waals surface area contributed by atoms with Gasteiger partial charge in [-0.25, -0.2) is 12.2 Å². The van der Waals surface area contributed by atoms with Crippen LogP contribution in [0.3, 0.4) is 0 Å². The normalized spacial score (nSPS) is 16.5. The zero-order valence-corrected chi connectivity index (χ0v) is 33.0. The Morgan fingerprint density at radius 3 is 1.25 bits per heavy atom. The van der Waals surface area contributed by atoms with Crippen molar-refractivity contribution >= 4 is 12.2 Å². The van der Waals surface area contributed by atoms with Gasteiger partial charge in [-0.05, 0) is 96.9 Å². The third-order valence-corrected chi connectivity index (χ3v) is 10.6. The summed E-state index contributed by atoms with van der Waals surface area (Å²) < 4.78 is 11.7. The number of benzene rings is 4. The van der Waals surface area contributed by atoms with E-state index in [0.717, 1.165) is 23.0 Å². The van der Waals surface area contributed by atoms with Crippen LogP contribution in [0.1, 0.15) is 121 Å². The van der Waals surface area contributed by atoms with Crippen molar-refractivity contribution in [3.05, 3.63) is 178 Å². The van der Waals surface area contributed by atoms with Crippen LogP contribution in [0, 0.1) is 26.0 Å². The second-order valence-electron chi connectivity index (χ2n) is 13.9. The Balaban J connectivity index is 0.000000172. The summed E-state index contributed by atoms with van der Waals surface area (Å²) in [5.41, 5.74) is 13.0.